The highest BCUT2D eigenvalue weighted by Gasteiger charge is 2.09. The molecule has 3 nitrogen and oxygen atoms in total. The zero-order valence-corrected chi connectivity index (χ0v) is 11.1. The number of fused-ring (bicyclic) bond motifs is 1. The van der Waals surface area contributed by atoms with Gasteiger partial charge in [-0.15, -0.1) is 0 Å². The Kier molecular flexibility index (Phi) is 3.05. The maximum absolute atomic E-state index is 5.93. The number of methoxy groups -OCH3 is 1. The molecule has 3 aromatic rings. The van der Waals surface area contributed by atoms with Gasteiger partial charge in [-0.25, -0.2) is 9.97 Å². The zero-order chi connectivity index (χ0) is 13.2. The van der Waals surface area contributed by atoms with Gasteiger partial charge in [0, 0.05) is 17.1 Å². The van der Waals surface area contributed by atoms with Crippen molar-refractivity contribution in [3.05, 3.63) is 53.8 Å². The second-order valence-corrected chi connectivity index (χ2v) is 4.45. The van der Waals surface area contributed by atoms with E-state index in [1.165, 1.54) is 0 Å². The molecule has 0 bridgehead atoms. The molecule has 94 valence electrons. The van der Waals surface area contributed by atoms with Crippen LogP contribution < -0.4 is 4.74 Å². The summed E-state index contributed by atoms with van der Waals surface area (Å²) in [5.74, 6) is 1.45. The van der Waals surface area contributed by atoms with Crippen LogP contribution in [0.25, 0.3) is 22.2 Å². The van der Waals surface area contributed by atoms with E-state index >= 15 is 0 Å². The van der Waals surface area contributed by atoms with E-state index in [1.807, 2.05) is 36.4 Å². The SMILES string of the molecule is COc1ccc(-c2nccc(Cl)n2)c2ccccc12. The van der Waals surface area contributed by atoms with Crippen molar-refractivity contribution in [1.29, 1.82) is 0 Å². The van der Waals surface area contributed by atoms with Crippen molar-refractivity contribution in [1.82, 2.24) is 9.97 Å². The monoisotopic (exact) mass is 270 g/mol. The molecular weight excluding hydrogens is 260 g/mol. The first kappa shape index (κ1) is 11.9. The van der Waals surface area contributed by atoms with E-state index in [9.17, 15) is 0 Å². The number of halogens is 1. The molecule has 19 heavy (non-hydrogen) atoms. The minimum absolute atomic E-state index is 0.435. The van der Waals surface area contributed by atoms with Crippen molar-refractivity contribution < 1.29 is 4.74 Å². The number of ether oxygens (including phenoxy) is 1. The van der Waals surface area contributed by atoms with Crippen molar-refractivity contribution in [3.8, 4) is 17.1 Å². The van der Waals surface area contributed by atoms with Gasteiger partial charge in [-0.3, -0.25) is 0 Å². The number of hydrogen-bond acceptors (Lipinski definition) is 3. The Balaban J connectivity index is 2.31. The highest BCUT2D eigenvalue weighted by atomic mass is 35.5. The van der Waals surface area contributed by atoms with Crippen LogP contribution >= 0.6 is 11.6 Å². The molecule has 0 atom stereocenters. The molecule has 0 saturated heterocycles. The third-order valence-electron chi connectivity index (χ3n) is 2.97. The van der Waals surface area contributed by atoms with Gasteiger partial charge in [0.25, 0.3) is 0 Å². The Hall–Kier alpha value is -2.13. The average molecular weight is 271 g/mol. The molecule has 1 heterocycles. The van der Waals surface area contributed by atoms with E-state index < -0.39 is 0 Å². The molecule has 0 spiro atoms. The molecule has 4 heteroatoms. The molecule has 0 unspecified atom stereocenters. The first-order chi connectivity index (χ1) is 9.29. The lowest BCUT2D eigenvalue weighted by molar-refractivity contribution is 0.420. The number of aromatic nitrogens is 2. The van der Waals surface area contributed by atoms with Gasteiger partial charge in [0.05, 0.1) is 7.11 Å². The first-order valence-electron chi connectivity index (χ1n) is 5.84. The predicted molar refractivity (Wildman–Crippen MR) is 76.5 cm³/mol. The van der Waals surface area contributed by atoms with Gasteiger partial charge >= 0.3 is 0 Å². The van der Waals surface area contributed by atoms with Gasteiger partial charge in [0.15, 0.2) is 5.82 Å². The molecule has 0 amide bonds. The summed E-state index contributed by atoms with van der Waals surface area (Å²) in [4.78, 5) is 8.54. The van der Waals surface area contributed by atoms with Crippen molar-refractivity contribution in [2.24, 2.45) is 0 Å². The quantitative estimate of drug-likeness (QED) is 0.661. The minimum atomic E-state index is 0.435. The van der Waals surface area contributed by atoms with Gasteiger partial charge < -0.3 is 4.74 Å². The van der Waals surface area contributed by atoms with Gasteiger partial charge in [-0.05, 0) is 23.6 Å². The van der Waals surface area contributed by atoms with Gasteiger partial charge in [-0.2, -0.15) is 0 Å². The third-order valence-corrected chi connectivity index (χ3v) is 3.18. The summed E-state index contributed by atoms with van der Waals surface area (Å²) >= 11 is 5.93. The molecule has 0 saturated carbocycles. The minimum Gasteiger partial charge on any atom is -0.496 e. The van der Waals surface area contributed by atoms with Crippen LogP contribution in [0.3, 0.4) is 0 Å². The Labute approximate surface area is 115 Å². The van der Waals surface area contributed by atoms with Crippen LogP contribution in [0.2, 0.25) is 5.15 Å². The zero-order valence-electron chi connectivity index (χ0n) is 10.3. The summed E-state index contributed by atoms with van der Waals surface area (Å²) in [5, 5.41) is 2.51. The van der Waals surface area contributed by atoms with Crippen LogP contribution in [0.15, 0.2) is 48.7 Å². The van der Waals surface area contributed by atoms with Gasteiger partial charge in [0.1, 0.15) is 10.9 Å². The molecule has 0 fully saturated rings. The smallest absolute Gasteiger partial charge is 0.161 e. The van der Waals surface area contributed by atoms with Crippen LogP contribution in [-0.4, -0.2) is 17.1 Å². The third kappa shape index (κ3) is 2.13. The maximum atomic E-state index is 5.93. The molecule has 0 radical (unpaired) electrons. The second kappa shape index (κ2) is 4.86. The molecule has 0 aliphatic carbocycles. The number of rotatable bonds is 2. The van der Waals surface area contributed by atoms with Crippen LogP contribution in [0.4, 0.5) is 0 Å². The number of hydrogen-bond donors (Lipinski definition) is 0. The van der Waals surface area contributed by atoms with Crippen LogP contribution in [0.1, 0.15) is 0 Å². The normalized spacial score (nSPS) is 10.6. The second-order valence-electron chi connectivity index (χ2n) is 4.06. The van der Waals surface area contributed by atoms with E-state index in [1.54, 1.807) is 19.4 Å². The summed E-state index contributed by atoms with van der Waals surface area (Å²) in [6, 6.07) is 13.5. The number of nitrogens with zero attached hydrogens (tertiary/aromatic N) is 2. The van der Waals surface area contributed by atoms with E-state index in [2.05, 4.69) is 9.97 Å². The summed E-state index contributed by atoms with van der Waals surface area (Å²) in [6.07, 6.45) is 1.66. The Morgan fingerprint density at radius 3 is 2.53 bits per heavy atom. The van der Waals surface area contributed by atoms with Crippen LogP contribution in [0.5, 0.6) is 5.75 Å². The lowest BCUT2D eigenvalue weighted by Crippen LogP contribution is -1.91. The van der Waals surface area contributed by atoms with Crippen molar-refractivity contribution in [2.75, 3.05) is 7.11 Å². The Bertz CT molecular complexity index is 743. The Morgan fingerprint density at radius 2 is 1.79 bits per heavy atom. The standard InChI is InChI=1S/C15H11ClN2O/c1-19-13-7-6-12(10-4-2-3-5-11(10)13)15-17-9-8-14(16)18-15/h2-9H,1H3. The highest BCUT2D eigenvalue weighted by Crippen LogP contribution is 2.32. The fraction of sp³-hybridized carbons (Fsp3) is 0.0667. The van der Waals surface area contributed by atoms with Gasteiger partial charge in [0.2, 0.25) is 0 Å². The van der Waals surface area contributed by atoms with E-state index in [-0.39, 0.29) is 0 Å². The molecule has 2 aromatic carbocycles. The number of benzene rings is 2. The summed E-state index contributed by atoms with van der Waals surface area (Å²) in [7, 11) is 1.66. The molecule has 1 aromatic heterocycles. The summed E-state index contributed by atoms with van der Waals surface area (Å²) < 4.78 is 5.38. The van der Waals surface area contributed by atoms with Gasteiger partial charge in [-0.1, -0.05) is 35.9 Å². The molecular formula is C15H11ClN2O. The fourth-order valence-corrected chi connectivity index (χ4v) is 2.25. The average Bonchev–Trinajstić information content (AvgIpc) is 2.46. The fourth-order valence-electron chi connectivity index (χ4n) is 2.11. The first-order valence-corrected chi connectivity index (χ1v) is 6.22. The molecule has 0 N–H and O–H groups in total. The highest BCUT2D eigenvalue weighted by molar-refractivity contribution is 6.29. The maximum Gasteiger partial charge on any atom is 0.161 e. The van der Waals surface area contributed by atoms with Crippen molar-refractivity contribution in [3.63, 3.8) is 0 Å². The van der Waals surface area contributed by atoms with E-state index in [0.717, 1.165) is 22.1 Å². The van der Waals surface area contributed by atoms with Crippen LogP contribution in [0, 0.1) is 0 Å². The van der Waals surface area contributed by atoms with Crippen LogP contribution in [-0.2, 0) is 0 Å². The van der Waals surface area contributed by atoms with Crippen molar-refractivity contribution >= 4 is 22.4 Å². The van der Waals surface area contributed by atoms with E-state index in [0.29, 0.717) is 11.0 Å². The summed E-state index contributed by atoms with van der Waals surface area (Å²) in [5.41, 5.74) is 0.943. The van der Waals surface area contributed by atoms with Crippen molar-refractivity contribution in [2.45, 2.75) is 0 Å². The molecule has 0 aliphatic rings. The Morgan fingerprint density at radius 1 is 1.00 bits per heavy atom. The largest absolute Gasteiger partial charge is 0.496 e. The topological polar surface area (TPSA) is 35.0 Å². The molecule has 3 rings (SSSR count). The summed E-state index contributed by atoms with van der Waals surface area (Å²) in [6.45, 7) is 0. The lowest BCUT2D eigenvalue weighted by Gasteiger charge is -2.09. The predicted octanol–water partition coefficient (Wildman–Crippen LogP) is 3.96. The van der Waals surface area contributed by atoms with E-state index in [4.69, 9.17) is 16.3 Å². The lowest BCUT2D eigenvalue weighted by atomic mass is 10.0. The molecule has 0 aliphatic heterocycles.